The molecule has 0 saturated heterocycles. The molecule has 17 heavy (non-hydrogen) atoms. The average Bonchev–Trinajstić information content (AvgIpc) is 2.70. The van der Waals surface area contributed by atoms with Crippen molar-refractivity contribution in [3.63, 3.8) is 0 Å². The fourth-order valence-corrected chi connectivity index (χ4v) is 2.34. The van der Waals surface area contributed by atoms with Crippen LogP contribution < -0.4 is 5.73 Å². The topological polar surface area (TPSA) is 39.2 Å². The molecule has 0 spiro atoms. The lowest BCUT2D eigenvalue weighted by Crippen LogP contribution is -2.15. The van der Waals surface area contributed by atoms with Crippen LogP contribution in [0.15, 0.2) is 38.0 Å². The summed E-state index contributed by atoms with van der Waals surface area (Å²) in [5, 5.41) is 0. The molecule has 2 aromatic rings. The highest BCUT2D eigenvalue weighted by Crippen LogP contribution is 2.32. The normalized spacial score (nSPS) is 12.8. The first-order chi connectivity index (χ1) is 8.02. The predicted octanol–water partition coefficient (Wildman–Crippen LogP) is 4.13. The van der Waals surface area contributed by atoms with E-state index in [4.69, 9.17) is 10.2 Å². The minimum absolute atomic E-state index is 0.170. The number of rotatable bonds is 2. The molecule has 6 heteroatoms. The highest BCUT2D eigenvalue weighted by atomic mass is 79.9. The summed E-state index contributed by atoms with van der Waals surface area (Å²) in [6, 6.07) is 3.09. The summed E-state index contributed by atoms with van der Waals surface area (Å²) in [6.45, 7) is 0. The fourth-order valence-electron chi connectivity index (χ4n) is 1.51. The van der Waals surface area contributed by atoms with Crippen molar-refractivity contribution in [3.8, 4) is 0 Å². The van der Waals surface area contributed by atoms with E-state index in [-0.39, 0.29) is 10.0 Å². The van der Waals surface area contributed by atoms with Crippen LogP contribution in [0.1, 0.15) is 17.2 Å². The quantitative estimate of drug-likeness (QED) is 0.811. The van der Waals surface area contributed by atoms with E-state index in [9.17, 15) is 8.78 Å². The van der Waals surface area contributed by atoms with Crippen LogP contribution in [0.5, 0.6) is 0 Å². The highest BCUT2D eigenvalue weighted by Gasteiger charge is 2.23. The summed E-state index contributed by atoms with van der Waals surface area (Å²) < 4.78 is 33.0. The smallest absolute Gasteiger partial charge is 0.174 e. The second-order valence-electron chi connectivity index (χ2n) is 3.38. The number of nitrogens with two attached hydrogens (primary N) is 1. The van der Waals surface area contributed by atoms with Crippen LogP contribution in [0.4, 0.5) is 8.78 Å². The number of halogens is 4. The maximum absolute atomic E-state index is 13.8. The van der Waals surface area contributed by atoms with Gasteiger partial charge in [-0.05, 0) is 50.1 Å². The van der Waals surface area contributed by atoms with Gasteiger partial charge in [0.15, 0.2) is 4.67 Å². The third kappa shape index (κ3) is 2.29. The van der Waals surface area contributed by atoms with Crippen molar-refractivity contribution in [2.75, 3.05) is 0 Å². The monoisotopic (exact) mass is 365 g/mol. The maximum Gasteiger partial charge on any atom is 0.174 e. The van der Waals surface area contributed by atoms with Crippen molar-refractivity contribution in [2.24, 2.45) is 5.73 Å². The van der Waals surface area contributed by atoms with Gasteiger partial charge >= 0.3 is 0 Å². The largest absolute Gasteiger partial charge is 0.457 e. The summed E-state index contributed by atoms with van der Waals surface area (Å²) in [7, 11) is 0. The van der Waals surface area contributed by atoms with E-state index in [2.05, 4.69) is 31.9 Å². The van der Waals surface area contributed by atoms with Crippen molar-refractivity contribution < 1.29 is 13.2 Å². The van der Waals surface area contributed by atoms with E-state index >= 15 is 0 Å². The van der Waals surface area contributed by atoms with Gasteiger partial charge in [-0.15, -0.1) is 0 Å². The van der Waals surface area contributed by atoms with E-state index in [0.717, 1.165) is 6.07 Å². The summed E-state index contributed by atoms with van der Waals surface area (Å²) in [5.74, 6) is -1.39. The summed E-state index contributed by atoms with van der Waals surface area (Å²) in [4.78, 5) is 0. The Labute approximate surface area is 113 Å². The number of hydrogen-bond acceptors (Lipinski definition) is 2. The minimum atomic E-state index is -0.930. The van der Waals surface area contributed by atoms with Crippen LogP contribution in [0, 0.1) is 11.6 Å². The molecular formula is C11H7Br2F2NO. The Morgan fingerprint density at radius 3 is 2.47 bits per heavy atom. The standard InChI is InChI=1S/C11H7Br2F2NO/c12-6-1-2-7(14)8(9(6)15)10(16)5-3-4-17-11(5)13/h1-4,10H,16H2. The Kier molecular flexibility index (Phi) is 3.65. The van der Waals surface area contributed by atoms with Gasteiger partial charge < -0.3 is 10.2 Å². The van der Waals surface area contributed by atoms with E-state index in [1.54, 1.807) is 6.07 Å². The van der Waals surface area contributed by atoms with Crippen LogP contribution in [-0.2, 0) is 0 Å². The van der Waals surface area contributed by atoms with Crippen LogP contribution in [0.3, 0.4) is 0 Å². The molecule has 0 amide bonds. The molecule has 1 unspecified atom stereocenters. The Bertz CT molecular complexity index is 556. The summed E-state index contributed by atoms with van der Waals surface area (Å²) in [5.41, 5.74) is 6.14. The molecule has 0 radical (unpaired) electrons. The van der Waals surface area contributed by atoms with Gasteiger partial charge in [0, 0.05) is 11.1 Å². The van der Waals surface area contributed by atoms with E-state index < -0.39 is 17.7 Å². The Balaban J connectivity index is 2.55. The molecule has 90 valence electrons. The zero-order valence-corrected chi connectivity index (χ0v) is 11.6. The fraction of sp³-hybridized carbons (Fsp3) is 0.0909. The van der Waals surface area contributed by atoms with Gasteiger partial charge in [0.1, 0.15) is 11.6 Å². The molecule has 0 saturated carbocycles. The molecule has 2 N–H and O–H groups in total. The van der Waals surface area contributed by atoms with Crippen molar-refractivity contribution in [2.45, 2.75) is 6.04 Å². The van der Waals surface area contributed by atoms with Gasteiger partial charge in [0.2, 0.25) is 0 Å². The Morgan fingerprint density at radius 1 is 1.18 bits per heavy atom. The molecule has 1 aromatic heterocycles. The van der Waals surface area contributed by atoms with Crippen molar-refractivity contribution >= 4 is 31.9 Å². The second kappa shape index (κ2) is 4.88. The third-order valence-electron chi connectivity index (χ3n) is 2.37. The first-order valence-electron chi connectivity index (χ1n) is 4.64. The number of hydrogen-bond donors (Lipinski definition) is 1. The minimum Gasteiger partial charge on any atom is -0.457 e. The van der Waals surface area contributed by atoms with Crippen LogP contribution in [0.2, 0.25) is 0 Å². The van der Waals surface area contributed by atoms with Gasteiger partial charge in [0.25, 0.3) is 0 Å². The highest BCUT2D eigenvalue weighted by molar-refractivity contribution is 9.10. The lowest BCUT2D eigenvalue weighted by atomic mass is 10.0. The second-order valence-corrected chi connectivity index (χ2v) is 4.96. The molecule has 0 aliphatic rings. The molecule has 0 aliphatic heterocycles. The van der Waals surface area contributed by atoms with Crippen LogP contribution >= 0.6 is 31.9 Å². The first-order valence-corrected chi connectivity index (χ1v) is 6.23. The molecular weight excluding hydrogens is 360 g/mol. The molecule has 2 nitrogen and oxygen atoms in total. The number of benzene rings is 1. The maximum atomic E-state index is 13.8. The van der Waals surface area contributed by atoms with E-state index in [0.29, 0.717) is 10.2 Å². The molecule has 0 aliphatic carbocycles. The van der Waals surface area contributed by atoms with Gasteiger partial charge in [-0.25, -0.2) is 8.78 Å². The van der Waals surface area contributed by atoms with Gasteiger partial charge in [-0.3, -0.25) is 0 Å². The summed E-state index contributed by atoms with van der Waals surface area (Å²) >= 11 is 6.13. The first kappa shape index (κ1) is 12.7. The lowest BCUT2D eigenvalue weighted by molar-refractivity contribution is 0.522. The van der Waals surface area contributed by atoms with Gasteiger partial charge in [-0.1, -0.05) is 0 Å². The molecule has 2 rings (SSSR count). The Hall–Kier alpha value is -0.720. The lowest BCUT2D eigenvalue weighted by Gasteiger charge is -2.13. The van der Waals surface area contributed by atoms with Crippen molar-refractivity contribution in [3.05, 3.63) is 56.4 Å². The van der Waals surface area contributed by atoms with Gasteiger partial charge in [-0.2, -0.15) is 0 Å². The van der Waals surface area contributed by atoms with E-state index in [1.807, 2.05) is 0 Å². The van der Waals surface area contributed by atoms with Crippen LogP contribution in [0.25, 0.3) is 0 Å². The molecule has 1 atom stereocenters. The SMILES string of the molecule is NC(c1ccoc1Br)c1c(F)ccc(Br)c1F. The zero-order chi connectivity index (χ0) is 12.6. The zero-order valence-electron chi connectivity index (χ0n) is 8.38. The van der Waals surface area contributed by atoms with E-state index in [1.165, 1.54) is 12.3 Å². The summed E-state index contributed by atoms with van der Waals surface area (Å²) in [6.07, 6.45) is 1.40. The molecule has 0 bridgehead atoms. The van der Waals surface area contributed by atoms with Crippen molar-refractivity contribution in [1.29, 1.82) is 0 Å². The van der Waals surface area contributed by atoms with Crippen molar-refractivity contribution in [1.82, 2.24) is 0 Å². The average molecular weight is 367 g/mol. The molecule has 1 aromatic carbocycles. The Morgan fingerprint density at radius 2 is 1.88 bits per heavy atom. The predicted molar refractivity (Wildman–Crippen MR) is 66.5 cm³/mol. The van der Waals surface area contributed by atoms with Crippen LogP contribution in [-0.4, -0.2) is 0 Å². The third-order valence-corrected chi connectivity index (χ3v) is 3.63. The molecule has 1 heterocycles. The number of furan rings is 1. The van der Waals surface area contributed by atoms with Gasteiger partial charge in [0.05, 0.1) is 16.8 Å². The molecule has 0 fully saturated rings.